The van der Waals surface area contributed by atoms with Crippen LogP contribution in [0.15, 0.2) is 16.5 Å². The van der Waals surface area contributed by atoms with Crippen LogP contribution in [-0.4, -0.2) is 6.54 Å². The third-order valence-corrected chi connectivity index (χ3v) is 4.48. The van der Waals surface area contributed by atoms with Gasteiger partial charge in [-0.25, -0.2) is 0 Å². The number of nitrogens with one attached hydrogen (secondary N) is 1. The van der Waals surface area contributed by atoms with Gasteiger partial charge in [0.05, 0.1) is 6.04 Å². The zero-order chi connectivity index (χ0) is 13.9. The number of aryl methyl sites for hydroxylation is 1. The lowest BCUT2D eigenvalue weighted by Gasteiger charge is -2.38. The van der Waals surface area contributed by atoms with Crippen LogP contribution in [0.5, 0.6) is 0 Å². The van der Waals surface area contributed by atoms with E-state index in [1.807, 2.05) is 6.92 Å². The molecule has 0 radical (unpaired) electrons. The van der Waals surface area contributed by atoms with Crippen molar-refractivity contribution in [2.75, 3.05) is 6.54 Å². The first kappa shape index (κ1) is 14.6. The van der Waals surface area contributed by atoms with Crippen LogP contribution >= 0.6 is 0 Å². The zero-order valence-corrected chi connectivity index (χ0v) is 13.0. The fourth-order valence-corrected chi connectivity index (χ4v) is 3.93. The molecular weight excluding hydrogens is 234 g/mol. The van der Waals surface area contributed by atoms with E-state index in [2.05, 4.69) is 38.2 Å². The third-order valence-electron chi connectivity index (χ3n) is 4.48. The fourth-order valence-electron chi connectivity index (χ4n) is 3.93. The van der Waals surface area contributed by atoms with Gasteiger partial charge in [-0.1, -0.05) is 33.6 Å². The van der Waals surface area contributed by atoms with E-state index in [9.17, 15) is 0 Å². The normalized spacial score (nSPS) is 20.1. The SMILES string of the molecule is CCNC(c1ccc(C)o1)C1(CC(C)C)CCCC1. The first-order valence-corrected chi connectivity index (χ1v) is 7.87. The second-order valence-electron chi connectivity index (χ2n) is 6.61. The monoisotopic (exact) mass is 263 g/mol. The van der Waals surface area contributed by atoms with E-state index in [1.54, 1.807) is 0 Å². The molecule has 0 aromatic carbocycles. The van der Waals surface area contributed by atoms with Crippen molar-refractivity contribution in [2.45, 2.75) is 65.8 Å². The van der Waals surface area contributed by atoms with Crippen LogP contribution in [0, 0.1) is 18.3 Å². The summed E-state index contributed by atoms with van der Waals surface area (Å²) in [6.45, 7) is 9.92. The van der Waals surface area contributed by atoms with Crippen LogP contribution in [0.2, 0.25) is 0 Å². The molecule has 1 aliphatic rings. The molecule has 1 aromatic heterocycles. The van der Waals surface area contributed by atoms with Crippen LogP contribution in [0.4, 0.5) is 0 Å². The minimum Gasteiger partial charge on any atom is -0.465 e. The van der Waals surface area contributed by atoms with Crippen molar-refractivity contribution in [1.29, 1.82) is 0 Å². The molecule has 1 unspecified atom stereocenters. The summed E-state index contributed by atoms with van der Waals surface area (Å²) in [6, 6.07) is 4.65. The van der Waals surface area contributed by atoms with E-state index in [0.29, 0.717) is 11.5 Å². The fraction of sp³-hybridized carbons (Fsp3) is 0.765. The maximum atomic E-state index is 5.95. The molecule has 108 valence electrons. The van der Waals surface area contributed by atoms with Crippen molar-refractivity contribution < 1.29 is 4.42 Å². The molecule has 0 aliphatic heterocycles. The molecule has 1 heterocycles. The van der Waals surface area contributed by atoms with Crippen LogP contribution in [0.1, 0.15) is 70.4 Å². The third kappa shape index (κ3) is 3.22. The van der Waals surface area contributed by atoms with Crippen molar-refractivity contribution >= 4 is 0 Å². The van der Waals surface area contributed by atoms with E-state index in [0.717, 1.165) is 24.0 Å². The summed E-state index contributed by atoms with van der Waals surface area (Å²) in [7, 11) is 0. The van der Waals surface area contributed by atoms with E-state index < -0.39 is 0 Å². The first-order valence-electron chi connectivity index (χ1n) is 7.87. The maximum Gasteiger partial charge on any atom is 0.121 e. The second kappa shape index (κ2) is 6.13. The number of rotatable bonds is 6. The van der Waals surface area contributed by atoms with Gasteiger partial charge in [0.1, 0.15) is 11.5 Å². The molecule has 1 atom stereocenters. The zero-order valence-electron chi connectivity index (χ0n) is 13.0. The topological polar surface area (TPSA) is 25.2 Å². The summed E-state index contributed by atoms with van der Waals surface area (Å²) >= 11 is 0. The van der Waals surface area contributed by atoms with E-state index in [1.165, 1.54) is 32.1 Å². The summed E-state index contributed by atoms with van der Waals surface area (Å²) in [5, 5.41) is 3.71. The Morgan fingerprint density at radius 3 is 2.42 bits per heavy atom. The van der Waals surface area contributed by atoms with Crippen molar-refractivity contribution in [3.8, 4) is 0 Å². The average molecular weight is 263 g/mol. The van der Waals surface area contributed by atoms with Crippen LogP contribution in [0.25, 0.3) is 0 Å². The molecule has 0 bridgehead atoms. The highest BCUT2D eigenvalue weighted by Gasteiger charge is 2.43. The van der Waals surface area contributed by atoms with Gasteiger partial charge in [0.25, 0.3) is 0 Å². The van der Waals surface area contributed by atoms with Crippen LogP contribution in [-0.2, 0) is 0 Å². The second-order valence-corrected chi connectivity index (χ2v) is 6.61. The van der Waals surface area contributed by atoms with Crippen molar-refractivity contribution in [2.24, 2.45) is 11.3 Å². The Morgan fingerprint density at radius 1 is 1.26 bits per heavy atom. The Labute approximate surface area is 118 Å². The summed E-state index contributed by atoms with van der Waals surface area (Å²) < 4.78 is 5.95. The van der Waals surface area contributed by atoms with Gasteiger partial charge in [0.15, 0.2) is 0 Å². The van der Waals surface area contributed by atoms with Gasteiger partial charge in [-0.2, -0.15) is 0 Å². The number of furan rings is 1. The highest BCUT2D eigenvalue weighted by Crippen LogP contribution is 2.51. The molecule has 2 rings (SSSR count). The molecular formula is C17H29NO. The Kier molecular flexibility index (Phi) is 4.72. The largest absolute Gasteiger partial charge is 0.465 e. The van der Waals surface area contributed by atoms with Crippen LogP contribution < -0.4 is 5.32 Å². The van der Waals surface area contributed by atoms with Gasteiger partial charge in [-0.3, -0.25) is 0 Å². The lowest BCUT2D eigenvalue weighted by Crippen LogP contribution is -2.37. The van der Waals surface area contributed by atoms with Gasteiger partial charge < -0.3 is 9.73 Å². The minimum absolute atomic E-state index is 0.385. The molecule has 1 aromatic rings. The lowest BCUT2D eigenvalue weighted by atomic mass is 9.71. The van der Waals surface area contributed by atoms with Crippen molar-refractivity contribution in [3.63, 3.8) is 0 Å². The Balaban J connectivity index is 2.28. The lowest BCUT2D eigenvalue weighted by molar-refractivity contribution is 0.138. The van der Waals surface area contributed by atoms with Gasteiger partial charge in [0, 0.05) is 0 Å². The van der Waals surface area contributed by atoms with E-state index in [-0.39, 0.29) is 0 Å². The number of hydrogen-bond donors (Lipinski definition) is 1. The molecule has 1 fully saturated rings. The molecule has 0 spiro atoms. The standard InChI is InChI=1S/C17H29NO/c1-5-18-16(15-9-8-14(4)19-15)17(12-13(2)3)10-6-7-11-17/h8-9,13,16,18H,5-7,10-12H2,1-4H3. The molecule has 1 aliphatic carbocycles. The van der Waals surface area contributed by atoms with Gasteiger partial charge in [0.2, 0.25) is 0 Å². The van der Waals surface area contributed by atoms with Gasteiger partial charge in [-0.15, -0.1) is 0 Å². The van der Waals surface area contributed by atoms with Crippen molar-refractivity contribution in [3.05, 3.63) is 23.7 Å². The summed E-state index contributed by atoms with van der Waals surface area (Å²) in [6.07, 6.45) is 6.71. The summed E-state index contributed by atoms with van der Waals surface area (Å²) in [4.78, 5) is 0. The van der Waals surface area contributed by atoms with E-state index >= 15 is 0 Å². The predicted molar refractivity (Wildman–Crippen MR) is 80.2 cm³/mol. The van der Waals surface area contributed by atoms with E-state index in [4.69, 9.17) is 4.42 Å². The van der Waals surface area contributed by atoms with Crippen LogP contribution in [0.3, 0.4) is 0 Å². The molecule has 1 saturated carbocycles. The summed E-state index contributed by atoms with van der Waals surface area (Å²) in [5.74, 6) is 2.91. The average Bonchev–Trinajstić information content (AvgIpc) is 2.95. The molecule has 0 saturated heterocycles. The highest BCUT2D eigenvalue weighted by atomic mass is 16.3. The van der Waals surface area contributed by atoms with Crippen molar-refractivity contribution in [1.82, 2.24) is 5.32 Å². The van der Waals surface area contributed by atoms with Gasteiger partial charge >= 0.3 is 0 Å². The highest BCUT2D eigenvalue weighted by molar-refractivity contribution is 5.14. The Morgan fingerprint density at radius 2 is 1.95 bits per heavy atom. The summed E-state index contributed by atoms with van der Waals surface area (Å²) in [5.41, 5.74) is 0.397. The molecule has 1 N–H and O–H groups in total. The Hall–Kier alpha value is -0.760. The smallest absolute Gasteiger partial charge is 0.121 e. The molecule has 2 heteroatoms. The van der Waals surface area contributed by atoms with Gasteiger partial charge in [-0.05, 0) is 56.2 Å². The minimum atomic E-state index is 0.385. The molecule has 19 heavy (non-hydrogen) atoms. The predicted octanol–water partition coefficient (Wildman–Crippen LogP) is 4.85. The Bertz CT molecular complexity index is 388. The quantitative estimate of drug-likeness (QED) is 0.794. The first-order chi connectivity index (χ1) is 9.07. The number of hydrogen-bond acceptors (Lipinski definition) is 2. The molecule has 2 nitrogen and oxygen atoms in total. The maximum absolute atomic E-state index is 5.95. The molecule has 0 amide bonds.